The van der Waals surface area contributed by atoms with Crippen molar-refractivity contribution in [2.45, 2.75) is 43.5 Å². The van der Waals surface area contributed by atoms with Crippen LogP contribution in [0.3, 0.4) is 0 Å². The van der Waals surface area contributed by atoms with E-state index in [-0.39, 0.29) is 10.8 Å². The fourth-order valence-electron chi connectivity index (χ4n) is 4.09. The summed E-state index contributed by atoms with van der Waals surface area (Å²) in [6.45, 7) is 1.68. The second-order valence-electron chi connectivity index (χ2n) is 8.15. The van der Waals surface area contributed by atoms with Crippen LogP contribution in [0.5, 0.6) is 0 Å². The number of nitrogens with one attached hydrogen (secondary N) is 1. The van der Waals surface area contributed by atoms with Gasteiger partial charge in [0.2, 0.25) is 15.9 Å². The summed E-state index contributed by atoms with van der Waals surface area (Å²) < 4.78 is 29.5. The van der Waals surface area contributed by atoms with E-state index >= 15 is 0 Å². The molecule has 0 radical (unpaired) electrons. The Kier molecular flexibility index (Phi) is 6.15. The van der Waals surface area contributed by atoms with E-state index in [1.807, 2.05) is 36.0 Å². The Morgan fingerprint density at radius 2 is 1.97 bits per heavy atom. The number of rotatable bonds is 7. The van der Waals surface area contributed by atoms with Crippen molar-refractivity contribution >= 4 is 27.0 Å². The number of carbonyl (C=O) groups excluding carboxylic acids is 1. The number of sulfonamides is 1. The fourth-order valence-corrected chi connectivity index (χ4v) is 5.62. The first-order chi connectivity index (χ1) is 14.9. The molecule has 0 saturated carbocycles. The van der Waals surface area contributed by atoms with Crippen LogP contribution in [0.25, 0.3) is 11.0 Å². The standard InChI is InChI=1S/C22H29N5O3S/c1-25(16-17-7-6-12-23-17)22(28)11-10-21-24-19-15-18(8-9-20(19)26(21)2)31(29,30)27-13-4-3-5-14-27/h6-9,12,15,23H,3-5,10-11,13-14,16H2,1-2H3. The van der Waals surface area contributed by atoms with Crippen LogP contribution in [0.2, 0.25) is 0 Å². The molecule has 0 atom stereocenters. The molecule has 1 amide bonds. The van der Waals surface area contributed by atoms with Gasteiger partial charge in [-0.2, -0.15) is 4.31 Å². The molecule has 8 nitrogen and oxygen atoms in total. The van der Waals surface area contributed by atoms with Gasteiger partial charge in [-0.15, -0.1) is 0 Å². The highest BCUT2D eigenvalue weighted by molar-refractivity contribution is 7.89. The summed E-state index contributed by atoms with van der Waals surface area (Å²) in [7, 11) is 0.188. The minimum absolute atomic E-state index is 0.0371. The Morgan fingerprint density at radius 3 is 2.68 bits per heavy atom. The number of amides is 1. The average Bonchev–Trinajstić information content (AvgIpc) is 3.40. The molecule has 0 aliphatic carbocycles. The molecule has 9 heteroatoms. The molecule has 2 aromatic heterocycles. The van der Waals surface area contributed by atoms with Gasteiger partial charge in [0, 0.05) is 51.9 Å². The molecule has 0 unspecified atom stereocenters. The van der Waals surface area contributed by atoms with Gasteiger partial charge in [-0.25, -0.2) is 13.4 Å². The first-order valence-electron chi connectivity index (χ1n) is 10.7. The average molecular weight is 444 g/mol. The van der Waals surface area contributed by atoms with Crippen LogP contribution in [0.1, 0.15) is 37.2 Å². The molecule has 0 spiro atoms. The molecule has 1 fully saturated rings. The van der Waals surface area contributed by atoms with Crippen molar-refractivity contribution in [3.05, 3.63) is 48.0 Å². The van der Waals surface area contributed by atoms with Crippen LogP contribution in [0.15, 0.2) is 41.4 Å². The highest BCUT2D eigenvalue weighted by atomic mass is 32.2. The number of aryl methyl sites for hydroxylation is 2. The molecule has 1 aliphatic heterocycles. The van der Waals surface area contributed by atoms with E-state index in [0.717, 1.165) is 36.3 Å². The minimum Gasteiger partial charge on any atom is -0.364 e. The third-order valence-electron chi connectivity index (χ3n) is 5.96. The first-order valence-corrected chi connectivity index (χ1v) is 12.1. The lowest BCUT2D eigenvalue weighted by Crippen LogP contribution is -2.35. The number of H-pyrrole nitrogens is 1. The number of piperidine rings is 1. The van der Waals surface area contributed by atoms with Crippen molar-refractivity contribution in [1.82, 2.24) is 23.7 Å². The molecule has 3 aromatic rings. The highest BCUT2D eigenvalue weighted by Gasteiger charge is 2.26. The molecule has 1 saturated heterocycles. The number of hydrogen-bond donors (Lipinski definition) is 1. The summed E-state index contributed by atoms with van der Waals surface area (Å²) in [5.74, 6) is 0.805. The lowest BCUT2D eigenvalue weighted by molar-refractivity contribution is -0.130. The zero-order chi connectivity index (χ0) is 22.0. The van der Waals surface area contributed by atoms with Crippen molar-refractivity contribution in [3.8, 4) is 0 Å². The number of nitrogens with zero attached hydrogens (tertiary/aromatic N) is 4. The zero-order valence-electron chi connectivity index (χ0n) is 18.0. The Balaban J connectivity index is 1.48. The van der Waals surface area contributed by atoms with Crippen molar-refractivity contribution in [1.29, 1.82) is 0 Å². The van der Waals surface area contributed by atoms with Crippen LogP contribution in [0.4, 0.5) is 0 Å². The van der Waals surface area contributed by atoms with Gasteiger partial charge in [0.15, 0.2) is 0 Å². The summed E-state index contributed by atoms with van der Waals surface area (Å²) in [6.07, 6.45) is 5.56. The molecule has 31 heavy (non-hydrogen) atoms. The van der Waals surface area contributed by atoms with E-state index in [9.17, 15) is 13.2 Å². The van der Waals surface area contributed by atoms with E-state index in [0.29, 0.717) is 38.0 Å². The van der Waals surface area contributed by atoms with Gasteiger partial charge in [-0.1, -0.05) is 6.42 Å². The highest BCUT2D eigenvalue weighted by Crippen LogP contribution is 2.25. The van der Waals surface area contributed by atoms with Crippen LogP contribution in [-0.2, 0) is 34.8 Å². The molecule has 166 valence electrons. The largest absolute Gasteiger partial charge is 0.364 e. The molecule has 1 N–H and O–H groups in total. The Morgan fingerprint density at radius 1 is 1.19 bits per heavy atom. The third-order valence-corrected chi connectivity index (χ3v) is 7.85. The van der Waals surface area contributed by atoms with E-state index in [1.165, 1.54) is 0 Å². The monoisotopic (exact) mass is 443 g/mol. The summed E-state index contributed by atoms with van der Waals surface area (Å²) in [6, 6.07) is 8.98. The van der Waals surface area contributed by atoms with E-state index in [2.05, 4.69) is 9.97 Å². The van der Waals surface area contributed by atoms with Gasteiger partial charge in [0.1, 0.15) is 5.82 Å². The fraction of sp³-hybridized carbons (Fsp3) is 0.455. The first kappa shape index (κ1) is 21.6. The quantitative estimate of drug-likeness (QED) is 0.608. The molecular formula is C22H29N5O3S. The van der Waals surface area contributed by atoms with E-state index < -0.39 is 10.0 Å². The lowest BCUT2D eigenvalue weighted by atomic mass is 10.2. The number of hydrogen-bond acceptors (Lipinski definition) is 4. The zero-order valence-corrected chi connectivity index (χ0v) is 18.9. The number of imidazole rings is 1. The molecule has 1 aliphatic rings. The Hall–Kier alpha value is -2.65. The normalized spacial score (nSPS) is 15.4. The minimum atomic E-state index is -3.50. The maximum Gasteiger partial charge on any atom is 0.243 e. The maximum absolute atomic E-state index is 13.0. The molecule has 0 bridgehead atoms. The lowest BCUT2D eigenvalue weighted by Gasteiger charge is -2.25. The summed E-state index contributed by atoms with van der Waals surface area (Å²) >= 11 is 0. The molecule has 1 aromatic carbocycles. The Bertz CT molecular complexity index is 1160. The second kappa shape index (κ2) is 8.84. The van der Waals surface area contributed by atoms with E-state index in [1.54, 1.807) is 28.4 Å². The van der Waals surface area contributed by atoms with Gasteiger partial charge in [0.25, 0.3) is 0 Å². The van der Waals surface area contributed by atoms with E-state index in [4.69, 9.17) is 0 Å². The number of aromatic amines is 1. The summed E-state index contributed by atoms with van der Waals surface area (Å²) in [4.78, 5) is 22.2. The number of benzene rings is 1. The smallest absolute Gasteiger partial charge is 0.243 e. The van der Waals surface area contributed by atoms with Crippen molar-refractivity contribution in [2.24, 2.45) is 7.05 Å². The predicted molar refractivity (Wildman–Crippen MR) is 119 cm³/mol. The number of fused-ring (bicyclic) bond motifs is 1. The predicted octanol–water partition coefficient (Wildman–Crippen LogP) is 2.67. The van der Waals surface area contributed by atoms with Crippen LogP contribution in [-0.4, -0.2) is 58.2 Å². The number of aromatic nitrogens is 3. The third kappa shape index (κ3) is 4.52. The van der Waals surface area contributed by atoms with Gasteiger partial charge < -0.3 is 14.5 Å². The topological polar surface area (TPSA) is 91.3 Å². The molecule has 3 heterocycles. The summed E-state index contributed by atoms with van der Waals surface area (Å²) in [5, 5.41) is 0. The SMILES string of the molecule is CN(Cc1ccc[nH]1)C(=O)CCc1nc2cc(S(=O)(=O)N3CCCCC3)ccc2n1C. The van der Waals surface area contributed by atoms with Crippen LogP contribution in [0, 0.1) is 0 Å². The second-order valence-corrected chi connectivity index (χ2v) is 10.1. The van der Waals surface area contributed by atoms with Crippen LogP contribution >= 0.6 is 0 Å². The van der Waals surface area contributed by atoms with Crippen molar-refractivity contribution in [3.63, 3.8) is 0 Å². The Labute approximate surface area is 182 Å². The van der Waals surface area contributed by atoms with Gasteiger partial charge in [-0.3, -0.25) is 4.79 Å². The van der Waals surface area contributed by atoms with Gasteiger partial charge in [-0.05, 0) is 43.2 Å². The van der Waals surface area contributed by atoms with Crippen molar-refractivity contribution < 1.29 is 13.2 Å². The van der Waals surface area contributed by atoms with Crippen molar-refractivity contribution in [2.75, 3.05) is 20.1 Å². The van der Waals surface area contributed by atoms with Gasteiger partial charge >= 0.3 is 0 Å². The van der Waals surface area contributed by atoms with Crippen LogP contribution < -0.4 is 0 Å². The summed E-state index contributed by atoms with van der Waals surface area (Å²) in [5.41, 5.74) is 2.49. The number of carbonyl (C=O) groups is 1. The molecular weight excluding hydrogens is 414 g/mol. The molecule has 4 rings (SSSR count). The maximum atomic E-state index is 13.0. The van der Waals surface area contributed by atoms with Gasteiger partial charge in [0.05, 0.1) is 22.5 Å².